The van der Waals surface area contributed by atoms with Gasteiger partial charge in [-0.15, -0.1) is 0 Å². The lowest BCUT2D eigenvalue weighted by atomic mass is 10.3. The SMILES string of the molecule is CCN(CC)S(=O)(=O)c1ccc(=O)n(CC(=O)Oc2ccc([N+](=O)[O-])cc2)c1. The van der Waals surface area contributed by atoms with Crippen LogP contribution in [0, 0.1) is 10.1 Å². The number of non-ortho nitro benzene ring substituents is 1. The number of nitrogens with zero attached hydrogens (tertiary/aromatic N) is 3. The molecule has 28 heavy (non-hydrogen) atoms. The summed E-state index contributed by atoms with van der Waals surface area (Å²) in [5.74, 6) is -0.760. The predicted molar refractivity (Wildman–Crippen MR) is 99.5 cm³/mol. The summed E-state index contributed by atoms with van der Waals surface area (Å²) in [4.78, 5) is 34.0. The molecule has 0 radical (unpaired) electrons. The molecule has 0 amide bonds. The molecule has 11 heteroatoms. The molecule has 0 fully saturated rings. The highest BCUT2D eigenvalue weighted by Crippen LogP contribution is 2.18. The minimum atomic E-state index is -3.79. The van der Waals surface area contributed by atoms with Gasteiger partial charge in [-0.3, -0.25) is 14.9 Å². The zero-order valence-corrected chi connectivity index (χ0v) is 16.1. The molecule has 0 aliphatic carbocycles. The third-order valence-electron chi connectivity index (χ3n) is 3.88. The molecule has 0 atom stereocenters. The molecular formula is C17H19N3O7S. The van der Waals surface area contributed by atoms with E-state index in [0.717, 1.165) is 16.8 Å². The number of hydrogen-bond acceptors (Lipinski definition) is 7. The molecule has 0 N–H and O–H groups in total. The maximum absolute atomic E-state index is 12.6. The fourth-order valence-corrected chi connectivity index (χ4v) is 3.92. The van der Waals surface area contributed by atoms with Crippen molar-refractivity contribution < 1.29 is 22.9 Å². The molecule has 0 saturated heterocycles. The zero-order chi connectivity index (χ0) is 20.9. The molecule has 1 aromatic heterocycles. The molecule has 2 aromatic rings. The Bertz CT molecular complexity index is 1030. The van der Waals surface area contributed by atoms with Crippen LogP contribution in [0.4, 0.5) is 5.69 Å². The molecule has 0 saturated carbocycles. The third kappa shape index (κ3) is 4.81. The van der Waals surface area contributed by atoms with Crippen LogP contribution in [0.1, 0.15) is 13.8 Å². The van der Waals surface area contributed by atoms with Gasteiger partial charge in [0.1, 0.15) is 12.3 Å². The summed E-state index contributed by atoms with van der Waals surface area (Å²) in [7, 11) is -3.79. The van der Waals surface area contributed by atoms with Crippen LogP contribution in [-0.4, -0.2) is 41.3 Å². The van der Waals surface area contributed by atoms with Crippen LogP contribution in [0.15, 0.2) is 52.3 Å². The Morgan fingerprint density at radius 3 is 2.29 bits per heavy atom. The molecule has 1 aromatic carbocycles. The van der Waals surface area contributed by atoms with E-state index in [1.54, 1.807) is 13.8 Å². The lowest BCUT2D eigenvalue weighted by Crippen LogP contribution is -2.32. The fraction of sp³-hybridized carbons (Fsp3) is 0.294. The standard InChI is InChI=1S/C17H19N3O7S/c1-3-19(4-2)28(25,26)15-9-10-16(21)18(11-15)12-17(22)27-14-7-5-13(6-8-14)20(23)24/h5-11H,3-4,12H2,1-2H3. The number of aromatic nitrogens is 1. The van der Waals surface area contributed by atoms with Crippen LogP contribution >= 0.6 is 0 Å². The third-order valence-corrected chi connectivity index (χ3v) is 5.91. The monoisotopic (exact) mass is 409 g/mol. The first kappa shape index (κ1) is 21.3. The number of hydrogen-bond donors (Lipinski definition) is 0. The Kier molecular flexibility index (Phi) is 6.65. The van der Waals surface area contributed by atoms with Gasteiger partial charge in [0.05, 0.1) is 9.82 Å². The van der Waals surface area contributed by atoms with Crippen molar-refractivity contribution in [3.63, 3.8) is 0 Å². The minimum absolute atomic E-state index is 0.0653. The average Bonchev–Trinajstić information content (AvgIpc) is 2.64. The highest BCUT2D eigenvalue weighted by Gasteiger charge is 2.22. The van der Waals surface area contributed by atoms with E-state index in [-0.39, 0.29) is 29.4 Å². The molecule has 150 valence electrons. The van der Waals surface area contributed by atoms with E-state index >= 15 is 0 Å². The summed E-state index contributed by atoms with van der Waals surface area (Å²) in [5, 5.41) is 10.6. The number of carbonyl (C=O) groups is 1. The molecular weight excluding hydrogens is 390 g/mol. The summed E-state index contributed by atoms with van der Waals surface area (Å²) < 4.78 is 32.3. The second-order valence-electron chi connectivity index (χ2n) is 5.65. The van der Waals surface area contributed by atoms with Crippen molar-refractivity contribution >= 4 is 21.7 Å². The van der Waals surface area contributed by atoms with Crippen molar-refractivity contribution in [1.82, 2.24) is 8.87 Å². The maximum atomic E-state index is 12.6. The van der Waals surface area contributed by atoms with Crippen LogP contribution in [-0.2, 0) is 21.4 Å². The molecule has 1 heterocycles. The van der Waals surface area contributed by atoms with Gasteiger partial charge in [0.15, 0.2) is 0 Å². The highest BCUT2D eigenvalue weighted by molar-refractivity contribution is 7.89. The van der Waals surface area contributed by atoms with Crippen LogP contribution in [0.25, 0.3) is 0 Å². The Morgan fingerprint density at radius 1 is 1.14 bits per heavy atom. The summed E-state index contributed by atoms with van der Waals surface area (Å²) in [6, 6.07) is 7.10. The van der Waals surface area contributed by atoms with Gasteiger partial charge in [-0.25, -0.2) is 13.2 Å². The van der Waals surface area contributed by atoms with Gasteiger partial charge in [0.25, 0.3) is 11.2 Å². The Labute approximate surface area is 161 Å². The van der Waals surface area contributed by atoms with E-state index in [1.165, 1.54) is 34.6 Å². The molecule has 10 nitrogen and oxygen atoms in total. The van der Waals surface area contributed by atoms with Gasteiger partial charge in [0.2, 0.25) is 10.0 Å². The number of pyridine rings is 1. The van der Waals surface area contributed by atoms with Crippen molar-refractivity contribution in [3.05, 3.63) is 63.1 Å². The fourth-order valence-electron chi connectivity index (χ4n) is 2.44. The van der Waals surface area contributed by atoms with E-state index < -0.39 is 33.0 Å². The van der Waals surface area contributed by atoms with Crippen LogP contribution in [0.5, 0.6) is 5.75 Å². The predicted octanol–water partition coefficient (Wildman–Crippen LogP) is 1.39. The first-order chi connectivity index (χ1) is 13.2. The molecule has 0 bridgehead atoms. The number of carbonyl (C=O) groups excluding carboxylic acids is 1. The van der Waals surface area contributed by atoms with Crippen molar-refractivity contribution in [3.8, 4) is 5.75 Å². The van der Waals surface area contributed by atoms with E-state index in [9.17, 15) is 28.1 Å². The first-order valence-corrected chi connectivity index (χ1v) is 9.78. The number of rotatable bonds is 8. The molecule has 0 aliphatic heterocycles. The summed E-state index contributed by atoms with van der Waals surface area (Å²) in [6.45, 7) is 3.40. The maximum Gasteiger partial charge on any atom is 0.331 e. The van der Waals surface area contributed by atoms with Crippen molar-refractivity contribution in [2.75, 3.05) is 13.1 Å². The van der Waals surface area contributed by atoms with Gasteiger partial charge < -0.3 is 9.30 Å². The highest BCUT2D eigenvalue weighted by atomic mass is 32.2. The number of benzene rings is 1. The Hall–Kier alpha value is -3.05. The van der Waals surface area contributed by atoms with E-state index in [0.29, 0.717) is 0 Å². The second-order valence-corrected chi connectivity index (χ2v) is 7.58. The minimum Gasteiger partial charge on any atom is -0.425 e. The van der Waals surface area contributed by atoms with Gasteiger partial charge in [0, 0.05) is 37.5 Å². The normalized spacial score (nSPS) is 11.4. The first-order valence-electron chi connectivity index (χ1n) is 8.34. The van der Waals surface area contributed by atoms with Crippen LogP contribution in [0.3, 0.4) is 0 Å². The quantitative estimate of drug-likeness (QED) is 0.279. The number of ether oxygens (including phenoxy) is 1. The lowest BCUT2D eigenvalue weighted by Gasteiger charge is -2.18. The Morgan fingerprint density at radius 2 is 1.75 bits per heavy atom. The molecule has 0 unspecified atom stereocenters. The number of nitro benzene ring substituents is 1. The van der Waals surface area contributed by atoms with E-state index in [1.807, 2.05) is 0 Å². The molecule has 0 aliphatic rings. The Balaban J connectivity index is 2.20. The van der Waals surface area contributed by atoms with Crippen molar-refractivity contribution in [1.29, 1.82) is 0 Å². The van der Waals surface area contributed by atoms with E-state index in [4.69, 9.17) is 4.74 Å². The number of esters is 1. The number of nitro groups is 1. The summed E-state index contributed by atoms with van der Waals surface area (Å²) in [6.07, 6.45) is 1.09. The van der Waals surface area contributed by atoms with Gasteiger partial charge in [-0.05, 0) is 18.2 Å². The summed E-state index contributed by atoms with van der Waals surface area (Å²) >= 11 is 0. The van der Waals surface area contributed by atoms with Crippen LogP contribution < -0.4 is 10.3 Å². The van der Waals surface area contributed by atoms with Crippen molar-refractivity contribution in [2.45, 2.75) is 25.3 Å². The van der Waals surface area contributed by atoms with E-state index in [2.05, 4.69) is 0 Å². The largest absolute Gasteiger partial charge is 0.425 e. The second kappa shape index (κ2) is 8.76. The van der Waals surface area contributed by atoms with Crippen molar-refractivity contribution in [2.24, 2.45) is 0 Å². The van der Waals surface area contributed by atoms with Gasteiger partial charge >= 0.3 is 5.97 Å². The van der Waals surface area contributed by atoms with Gasteiger partial charge in [-0.2, -0.15) is 4.31 Å². The van der Waals surface area contributed by atoms with Crippen LogP contribution in [0.2, 0.25) is 0 Å². The topological polar surface area (TPSA) is 129 Å². The molecule has 0 spiro atoms. The lowest BCUT2D eigenvalue weighted by molar-refractivity contribution is -0.384. The zero-order valence-electron chi connectivity index (χ0n) is 15.3. The average molecular weight is 409 g/mol. The smallest absolute Gasteiger partial charge is 0.331 e. The number of sulfonamides is 1. The van der Waals surface area contributed by atoms with Gasteiger partial charge in [-0.1, -0.05) is 13.8 Å². The summed E-state index contributed by atoms with van der Waals surface area (Å²) in [5.41, 5.74) is -0.732. The molecule has 2 rings (SSSR count).